The lowest BCUT2D eigenvalue weighted by atomic mass is 10.3. The van der Waals surface area contributed by atoms with Gasteiger partial charge in [0.2, 0.25) is 11.8 Å². The average molecular weight is 282 g/mol. The highest BCUT2D eigenvalue weighted by atomic mass is 19.1. The monoisotopic (exact) mass is 282 g/mol. The summed E-state index contributed by atoms with van der Waals surface area (Å²) in [6, 6.07) is 3.37. The molecule has 0 aliphatic rings. The van der Waals surface area contributed by atoms with E-state index >= 15 is 0 Å². The van der Waals surface area contributed by atoms with E-state index < -0.39 is 23.2 Å². The van der Waals surface area contributed by atoms with Gasteiger partial charge in [-0.05, 0) is 12.1 Å². The summed E-state index contributed by atoms with van der Waals surface area (Å²) in [7, 11) is 0. The second kappa shape index (κ2) is 6.71. The summed E-state index contributed by atoms with van der Waals surface area (Å²) in [4.78, 5) is 15.3. The number of anilines is 1. The summed E-state index contributed by atoms with van der Waals surface area (Å²) >= 11 is 0. The number of amides is 1. The number of hydrogen-bond acceptors (Lipinski definition) is 5. The molecule has 0 saturated heterocycles. The van der Waals surface area contributed by atoms with E-state index in [1.165, 1.54) is 12.4 Å². The number of carbonyl (C=O) groups excluding carboxylic acids is 1. The van der Waals surface area contributed by atoms with Gasteiger partial charge in [0.05, 0.1) is 6.54 Å². The van der Waals surface area contributed by atoms with Gasteiger partial charge >= 0.3 is 0 Å². The van der Waals surface area contributed by atoms with Crippen LogP contribution in [0, 0.1) is 11.6 Å². The van der Waals surface area contributed by atoms with Gasteiger partial charge in [-0.25, -0.2) is 8.78 Å². The maximum atomic E-state index is 13.3. The lowest BCUT2D eigenvalue weighted by Crippen LogP contribution is -2.30. The van der Waals surface area contributed by atoms with Crippen LogP contribution in [0.5, 0.6) is 0 Å². The van der Waals surface area contributed by atoms with E-state index in [1.807, 2.05) is 0 Å². The summed E-state index contributed by atoms with van der Waals surface area (Å²) < 4.78 is 31.3. The summed E-state index contributed by atoms with van der Waals surface area (Å²) in [5, 5.41) is 8.40. The molecular weight excluding hydrogens is 270 g/mol. The second-order valence-electron chi connectivity index (χ2n) is 3.91. The number of halogens is 2. The lowest BCUT2D eigenvalue weighted by Gasteiger charge is -2.07. The zero-order chi connectivity index (χ0) is 14.4. The maximum absolute atomic E-state index is 13.3. The number of nitrogens with one attached hydrogen (secondary N) is 2. The highest BCUT2D eigenvalue weighted by molar-refractivity contribution is 5.92. The average Bonchev–Trinajstić information content (AvgIpc) is 2.92. The van der Waals surface area contributed by atoms with Gasteiger partial charge in [0.1, 0.15) is 17.3 Å². The molecule has 0 atom stereocenters. The highest BCUT2D eigenvalue weighted by Gasteiger charge is 2.11. The van der Waals surface area contributed by atoms with Crippen molar-refractivity contribution in [1.82, 2.24) is 15.5 Å². The van der Waals surface area contributed by atoms with E-state index in [9.17, 15) is 13.6 Å². The highest BCUT2D eigenvalue weighted by Crippen LogP contribution is 2.17. The zero-order valence-corrected chi connectivity index (χ0v) is 10.4. The molecule has 2 rings (SSSR count). The Morgan fingerprint density at radius 1 is 1.30 bits per heavy atom. The number of rotatable bonds is 6. The van der Waals surface area contributed by atoms with Crippen LogP contribution in [0.25, 0.3) is 0 Å². The van der Waals surface area contributed by atoms with Gasteiger partial charge in [-0.2, -0.15) is 4.98 Å². The standard InChI is InChI=1S/C12H12F2N4O2/c13-8-2-1-3-9(14)12(8)18-10(19)6-15-5-4-11-16-7-17-20-11/h1-3,7,15H,4-6H2,(H,18,19). The normalized spacial score (nSPS) is 10.5. The van der Waals surface area contributed by atoms with Crippen LogP contribution in [0.2, 0.25) is 0 Å². The van der Waals surface area contributed by atoms with Crippen molar-refractivity contribution in [2.75, 3.05) is 18.4 Å². The molecule has 1 amide bonds. The van der Waals surface area contributed by atoms with Crippen LogP contribution in [-0.2, 0) is 11.2 Å². The third kappa shape index (κ3) is 3.82. The van der Waals surface area contributed by atoms with E-state index in [2.05, 4.69) is 20.8 Å². The van der Waals surface area contributed by atoms with Crippen LogP contribution in [0.4, 0.5) is 14.5 Å². The number of benzene rings is 1. The van der Waals surface area contributed by atoms with Crippen molar-refractivity contribution in [3.8, 4) is 0 Å². The van der Waals surface area contributed by atoms with E-state index in [0.29, 0.717) is 18.9 Å². The Morgan fingerprint density at radius 3 is 2.70 bits per heavy atom. The molecule has 0 aliphatic heterocycles. The first kappa shape index (κ1) is 14.1. The van der Waals surface area contributed by atoms with E-state index in [0.717, 1.165) is 12.1 Å². The van der Waals surface area contributed by atoms with Crippen LogP contribution < -0.4 is 10.6 Å². The summed E-state index contributed by atoms with van der Waals surface area (Å²) in [5.74, 6) is -1.73. The van der Waals surface area contributed by atoms with Crippen molar-refractivity contribution in [1.29, 1.82) is 0 Å². The molecular formula is C12H12F2N4O2. The minimum absolute atomic E-state index is 0.0814. The predicted molar refractivity (Wildman–Crippen MR) is 65.9 cm³/mol. The molecule has 2 aromatic rings. The first-order valence-corrected chi connectivity index (χ1v) is 5.87. The molecule has 1 aromatic heterocycles. The van der Waals surface area contributed by atoms with E-state index in [-0.39, 0.29) is 6.54 Å². The predicted octanol–water partition coefficient (Wildman–Crippen LogP) is 1.12. The Hall–Kier alpha value is -2.35. The molecule has 0 fully saturated rings. The quantitative estimate of drug-likeness (QED) is 0.776. The second-order valence-corrected chi connectivity index (χ2v) is 3.91. The maximum Gasteiger partial charge on any atom is 0.238 e. The van der Waals surface area contributed by atoms with Crippen molar-refractivity contribution in [2.24, 2.45) is 0 Å². The van der Waals surface area contributed by atoms with E-state index in [4.69, 9.17) is 4.52 Å². The van der Waals surface area contributed by atoms with Crippen LogP contribution in [0.3, 0.4) is 0 Å². The fourth-order valence-electron chi connectivity index (χ4n) is 1.50. The number of aromatic nitrogens is 2. The molecule has 106 valence electrons. The number of hydrogen-bond donors (Lipinski definition) is 2. The summed E-state index contributed by atoms with van der Waals surface area (Å²) in [5.41, 5.74) is -0.448. The smallest absolute Gasteiger partial charge is 0.238 e. The molecule has 20 heavy (non-hydrogen) atoms. The molecule has 0 unspecified atom stereocenters. The van der Waals surface area contributed by atoms with Crippen LogP contribution in [-0.4, -0.2) is 29.1 Å². The lowest BCUT2D eigenvalue weighted by molar-refractivity contribution is -0.115. The van der Waals surface area contributed by atoms with Crippen molar-refractivity contribution >= 4 is 11.6 Å². The van der Waals surface area contributed by atoms with Gasteiger partial charge in [0.15, 0.2) is 6.33 Å². The van der Waals surface area contributed by atoms with Gasteiger partial charge in [-0.15, -0.1) is 0 Å². The minimum atomic E-state index is -0.816. The molecule has 0 saturated carbocycles. The van der Waals surface area contributed by atoms with Gasteiger partial charge in [0, 0.05) is 13.0 Å². The first-order valence-electron chi connectivity index (χ1n) is 5.87. The number of carbonyl (C=O) groups is 1. The molecule has 1 aromatic carbocycles. The van der Waals surface area contributed by atoms with Gasteiger partial charge in [-0.1, -0.05) is 11.2 Å². The summed E-state index contributed by atoms with van der Waals surface area (Å²) in [6.45, 7) is 0.345. The van der Waals surface area contributed by atoms with Crippen molar-refractivity contribution in [3.63, 3.8) is 0 Å². The topological polar surface area (TPSA) is 80.1 Å². The Balaban J connectivity index is 1.75. The Bertz CT molecular complexity index is 555. The minimum Gasteiger partial charge on any atom is -0.340 e. The fourth-order valence-corrected chi connectivity index (χ4v) is 1.50. The Kier molecular flexibility index (Phi) is 4.72. The van der Waals surface area contributed by atoms with E-state index in [1.54, 1.807) is 0 Å². The van der Waals surface area contributed by atoms with Crippen molar-refractivity contribution < 1.29 is 18.1 Å². The molecule has 0 radical (unpaired) electrons. The number of para-hydroxylation sites is 1. The molecule has 2 N–H and O–H groups in total. The molecule has 0 bridgehead atoms. The van der Waals surface area contributed by atoms with Crippen LogP contribution >= 0.6 is 0 Å². The van der Waals surface area contributed by atoms with Gasteiger partial charge in [-0.3, -0.25) is 4.79 Å². The molecule has 6 nitrogen and oxygen atoms in total. The fraction of sp³-hybridized carbons (Fsp3) is 0.250. The third-order valence-electron chi connectivity index (χ3n) is 2.44. The van der Waals surface area contributed by atoms with Crippen LogP contribution in [0.15, 0.2) is 29.0 Å². The molecule has 1 heterocycles. The SMILES string of the molecule is O=C(CNCCc1ncno1)Nc1c(F)cccc1F. The first-order chi connectivity index (χ1) is 9.66. The summed E-state index contributed by atoms with van der Waals surface area (Å²) in [6.07, 6.45) is 1.74. The largest absolute Gasteiger partial charge is 0.340 e. The Labute approximate surface area is 113 Å². The van der Waals surface area contributed by atoms with Crippen molar-refractivity contribution in [3.05, 3.63) is 42.1 Å². The third-order valence-corrected chi connectivity index (χ3v) is 2.44. The molecule has 8 heteroatoms. The molecule has 0 aliphatic carbocycles. The van der Waals surface area contributed by atoms with Crippen molar-refractivity contribution in [2.45, 2.75) is 6.42 Å². The molecule has 0 spiro atoms. The number of nitrogens with zero attached hydrogens (tertiary/aromatic N) is 2. The van der Waals surface area contributed by atoms with Gasteiger partial charge < -0.3 is 15.2 Å². The Morgan fingerprint density at radius 2 is 2.05 bits per heavy atom. The van der Waals surface area contributed by atoms with Gasteiger partial charge in [0.25, 0.3) is 0 Å². The van der Waals surface area contributed by atoms with Crippen LogP contribution in [0.1, 0.15) is 5.89 Å². The zero-order valence-electron chi connectivity index (χ0n) is 10.4.